The monoisotopic (exact) mass is 344 g/mol. The molecule has 0 aromatic heterocycles. The van der Waals surface area contributed by atoms with Gasteiger partial charge in [0.2, 0.25) is 0 Å². The number of benzene rings is 1. The van der Waals surface area contributed by atoms with Crippen molar-refractivity contribution >= 4 is 27.5 Å². The molecule has 2 rings (SSSR count). The molecule has 19 heavy (non-hydrogen) atoms. The number of nitrogens with zero attached hydrogens (tertiary/aromatic N) is 1. The summed E-state index contributed by atoms with van der Waals surface area (Å²) in [4.78, 5) is 2.50. The van der Waals surface area contributed by atoms with E-state index in [9.17, 15) is 0 Å². The predicted octanol–water partition coefficient (Wildman–Crippen LogP) is 3.85. The minimum atomic E-state index is 0.0207. The van der Waals surface area contributed by atoms with E-state index < -0.39 is 0 Å². The minimum absolute atomic E-state index is 0.0207. The average molecular weight is 346 g/mol. The van der Waals surface area contributed by atoms with E-state index in [-0.39, 0.29) is 11.6 Å². The molecule has 1 aliphatic rings. The molecule has 1 aliphatic heterocycles. The van der Waals surface area contributed by atoms with Crippen LogP contribution in [-0.2, 0) is 6.42 Å². The van der Waals surface area contributed by atoms with Crippen LogP contribution in [0.4, 0.5) is 0 Å². The summed E-state index contributed by atoms with van der Waals surface area (Å²) in [7, 11) is 0. The summed E-state index contributed by atoms with van der Waals surface area (Å²) < 4.78 is 1.01. The second kappa shape index (κ2) is 6.13. The van der Waals surface area contributed by atoms with Crippen molar-refractivity contribution in [3.05, 3.63) is 33.3 Å². The highest BCUT2D eigenvalue weighted by molar-refractivity contribution is 9.10. The van der Waals surface area contributed by atoms with E-state index >= 15 is 0 Å². The van der Waals surface area contributed by atoms with Crippen molar-refractivity contribution in [2.75, 3.05) is 13.1 Å². The summed E-state index contributed by atoms with van der Waals surface area (Å²) in [5.41, 5.74) is 7.61. The van der Waals surface area contributed by atoms with Gasteiger partial charge in [-0.2, -0.15) is 0 Å². The van der Waals surface area contributed by atoms with E-state index in [1.54, 1.807) is 0 Å². The van der Waals surface area contributed by atoms with Gasteiger partial charge < -0.3 is 5.73 Å². The first-order chi connectivity index (χ1) is 8.91. The van der Waals surface area contributed by atoms with Crippen LogP contribution in [0.5, 0.6) is 0 Å². The van der Waals surface area contributed by atoms with E-state index in [0.717, 1.165) is 34.6 Å². The van der Waals surface area contributed by atoms with Gasteiger partial charge in [0.15, 0.2) is 0 Å². The Morgan fingerprint density at radius 1 is 1.37 bits per heavy atom. The van der Waals surface area contributed by atoms with E-state index in [0.29, 0.717) is 0 Å². The first-order valence-corrected chi connectivity index (χ1v) is 8.03. The summed E-state index contributed by atoms with van der Waals surface area (Å²) in [6.45, 7) is 6.81. The Balaban J connectivity index is 2.09. The number of likely N-dealkylation sites (tertiary alicyclic amines) is 1. The van der Waals surface area contributed by atoms with Gasteiger partial charge in [0.1, 0.15) is 0 Å². The van der Waals surface area contributed by atoms with Gasteiger partial charge in [-0.25, -0.2) is 0 Å². The molecule has 106 valence electrons. The number of rotatable bonds is 4. The van der Waals surface area contributed by atoms with Crippen LogP contribution in [0, 0.1) is 0 Å². The Kier molecular flexibility index (Phi) is 4.93. The summed E-state index contributed by atoms with van der Waals surface area (Å²) in [6.07, 6.45) is 3.39. The molecule has 1 aromatic carbocycles. The normalized spacial score (nSPS) is 18.8. The number of hydrogen-bond acceptors (Lipinski definition) is 2. The van der Waals surface area contributed by atoms with Crippen LogP contribution in [0.25, 0.3) is 0 Å². The van der Waals surface area contributed by atoms with Gasteiger partial charge >= 0.3 is 0 Å². The highest BCUT2D eigenvalue weighted by Crippen LogP contribution is 2.28. The van der Waals surface area contributed by atoms with Crippen molar-refractivity contribution in [2.24, 2.45) is 5.73 Å². The molecule has 2 nitrogen and oxygen atoms in total. The SMILES string of the molecule is CC(C)(C(N)Cc1ccc(Br)cc1Cl)N1CCCC1. The van der Waals surface area contributed by atoms with Crippen LogP contribution in [0.1, 0.15) is 32.3 Å². The lowest BCUT2D eigenvalue weighted by atomic mass is 9.88. The van der Waals surface area contributed by atoms with Crippen LogP contribution in [0.15, 0.2) is 22.7 Å². The predicted molar refractivity (Wildman–Crippen MR) is 85.7 cm³/mol. The molecule has 0 saturated carbocycles. The molecule has 0 radical (unpaired) electrons. The molecule has 4 heteroatoms. The Morgan fingerprint density at radius 2 is 2.00 bits per heavy atom. The number of nitrogens with two attached hydrogens (primary N) is 1. The molecule has 1 saturated heterocycles. The van der Waals surface area contributed by atoms with Gasteiger partial charge in [-0.05, 0) is 63.9 Å². The van der Waals surface area contributed by atoms with E-state index in [2.05, 4.69) is 40.7 Å². The Morgan fingerprint density at radius 3 is 2.58 bits per heavy atom. The van der Waals surface area contributed by atoms with E-state index in [1.807, 2.05) is 12.1 Å². The Labute approximate surface area is 129 Å². The van der Waals surface area contributed by atoms with Crippen LogP contribution in [0.2, 0.25) is 5.02 Å². The fraction of sp³-hybridized carbons (Fsp3) is 0.600. The molecule has 1 heterocycles. The van der Waals surface area contributed by atoms with E-state index in [4.69, 9.17) is 17.3 Å². The zero-order valence-electron chi connectivity index (χ0n) is 11.6. The van der Waals surface area contributed by atoms with Crippen LogP contribution in [-0.4, -0.2) is 29.6 Å². The van der Waals surface area contributed by atoms with Crippen LogP contribution >= 0.6 is 27.5 Å². The summed E-state index contributed by atoms with van der Waals surface area (Å²) in [5.74, 6) is 0. The first-order valence-electron chi connectivity index (χ1n) is 6.86. The maximum Gasteiger partial charge on any atom is 0.0449 e. The van der Waals surface area contributed by atoms with Crippen molar-refractivity contribution < 1.29 is 0 Å². The lowest BCUT2D eigenvalue weighted by molar-refractivity contribution is 0.123. The van der Waals surface area contributed by atoms with Gasteiger partial charge in [0.05, 0.1) is 0 Å². The van der Waals surface area contributed by atoms with Gasteiger partial charge in [-0.15, -0.1) is 0 Å². The molecule has 1 unspecified atom stereocenters. The lowest BCUT2D eigenvalue weighted by Crippen LogP contribution is -2.55. The molecule has 0 aliphatic carbocycles. The molecule has 2 N–H and O–H groups in total. The maximum absolute atomic E-state index is 6.46. The molecule has 1 fully saturated rings. The second-order valence-corrected chi connectivity index (χ2v) is 7.22. The lowest BCUT2D eigenvalue weighted by Gasteiger charge is -2.40. The average Bonchev–Trinajstić information content (AvgIpc) is 2.86. The van der Waals surface area contributed by atoms with Gasteiger partial charge in [0, 0.05) is 21.1 Å². The zero-order valence-corrected chi connectivity index (χ0v) is 14.0. The Bertz CT molecular complexity index is 442. The fourth-order valence-electron chi connectivity index (χ4n) is 2.70. The second-order valence-electron chi connectivity index (χ2n) is 5.89. The van der Waals surface area contributed by atoms with Crippen molar-refractivity contribution in [2.45, 2.75) is 44.7 Å². The summed E-state index contributed by atoms with van der Waals surface area (Å²) >= 11 is 9.72. The van der Waals surface area contributed by atoms with Crippen molar-refractivity contribution in [1.82, 2.24) is 4.90 Å². The summed E-state index contributed by atoms with van der Waals surface area (Å²) in [5, 5.41) is 0.794. The Hall–Kier alpha value is -0.0900. The third-order valence-electron chi connectivity index (χ3n) is 4.28. The van der Waals surface area contributed by atoms with Crippen molar-refractivity contribution in [1.29, 1.82) is 0 Å². The summed E-state index contributed by atoms with van der Waals surface area (Å²) in [6, 6.07) is 6.11. The fourth-order valence-corrected chi connectivity index (χ4v) is 3.45. The minimum Gasteiger partial charge on any atom is -0.326 e. The van der Waals surface area contributed by atoms with Gasteiger partial charge in [-0.3, -0.25) is 4.90 Å². The van der Waals surface area contributed by atoms with Gasteiger partial charge in [0.25, 0.3) is 0 Å². The smallest absolute Gasteiger partial charge is 0.0449 e. The molecule has 0 spiro atoms. The number of hydrogen-bond donors (Lipinski definition) is 1. The molecule has 1 atom stereocenters. The van der Waals surface area contributed by atoms with Crippen LogP contribution < -0.4 is 5.73 Å². The topological polar surface area (TPSA) is 29.3 Å². The van der Waals surface area contributed by atoms with Crippen molar-refractivity contribution in [3.8, 4) is 0 Å². The molecule has 0 amide bonds. The molecule has 0 bridgehead atoms. The zero-order chi connectivity index (χ0) is 14.0. The third-order valence-corrected chi connectivity index (χ3v) is 5.13. The van der Waals surface area contributed by atoms with Crippen LogP contribution in [0.3, 0.4) is 0 Å². The quantitative estimate of drug-likeness (QED) is 0.898. The highest BCUT2D eigenvalue weighted by Gasteiger charge is 2.34. The molecular weight excluding hydrogens is 324 g/mol. The largest absolute Gasteiger partial charge is 0.326 e. The highest BCUT2D eigenvalue weighted by atomic mass is 79.9. The van der Waals surface area contributed by atoms with E-state index in [1.165, 1.54) is 12.8 Å². The van der Waals surface area contributed by atoms with Gasteiger partial charge in [-0.1, -0.05) is 33.6 Å². The first kappa shape index (κ1) is 15.3. The third kappa shape index (κ3) is 3.52. The standard InChI is InChI=1S/C15H22BrClN2/c1-15(2,19-7-3-4-8-19)14(18)9-11-5-6-12(16)10-13(11)17/h5-6,10,14H,3-4,7-9,18H2,1-2H3. The molecular formula is C15H22BrClN2. The molecule has 1 aromatic rings. The maximum atomic E-state index is 6.46. The number of halogens is 2. The van der Waals surface area contributed by atoms with Crippen molar-refractivity contribution in [3.63, 3.8) is 0 Å².